The van der Waals surface area contributed by atoms with E-state index in [1.165, 1.54) is 29.2 Å². The maximum Gasteiger partial charge on any atom is 0.269 e. The van der Waals surface area contributed by atoms with Gasteiger partial charge in [-0.15, -0.1) is 0 Å². The van der Waals surface area contributed by atoms with Crippen LogP contribution in [0.5, 0.6) is 0 Å². The molecule has 1 aromatic rings. The van der Waals surface area contributed by atoms with Gasteiger partial charge in [-0.25, -0.2) is 0 Å². The van der Waals surface area contributed by atoms with Crippen molar-refractivity contribution in [3.05, 3.63) is 39.9 Å². The number of nitrogens with one attached hydrogen (secondary N) is 1. The van der Waals surface area contributed by atoms with Crippen LogP contribution in [0.1, 0.15) is 30.6 Å². The molecule has 2 heterocycles. The molecule has 0 spiro atoms. The van der Waals surface area contributed by atoms with Crippen molar-refractivity contribution < 1.29 is 14.5 Å². The van der Waals surface area contributed by atoms with Crippen molar-refractivity contribution in [3.8, 4) is 0 Å². The number of carbonyl (C=O) groups excluding carboxylic acids is 2. The number of amides is 1. The van der Waals surface area contributed by atoms with E-state index in [9.17, 15) is 19.7 Å². The molecular formula is C17H19N5O4S2. The Morgan fingerprint density at radius 2 is 1.71 bits per heavy atom. The molecule has 28 heavy (non-hydrogen) atoms. The van der Waals surface area contributed by atoms with E-state index in [0.29, 0.717) is 5.11 Å². The van der Waals surface area contributed by atoms with E-state index in [-0.39, 0.29) is 16.4 Å². The van der Waals surface area contributed by atoms with Gasteiger partial charge < -0.3 is 15.1 Å². The quantitative estimate of drug-likeness (QED) is 0.255. The average Bonchev–Trinajstić information content (AvgIpc) is 2.90. The number of carbonyl (C=O) groups is 2. The van der Waals surface area contributed by atoms with Crippen LogP contribution in [0.25, 0.3) is 0 Å². The fourth-order valence-electron chi connectivity index (χ4n) is 3.73. The summed E-state index contributed by atoms with van der Waals surface area (Å²) >= 11 is 10.8. The predicted octanol–water partition coefficient (Wildman–Crippen LogP) is 1.48. The molecule has 2 aliphatic heterocycles. The Labute approximate surface area is 172 Å². The second kappa shape index (κ2) is 6.45. The number of non-ortho nitro benzene ring substituents is 1. The molecule has 2 saturated heterocycles. The molecular weight excluding hydrogens is 402 g/mol. The Balaban J connectivity index is 1.86. The van der Waals surface area contributed by atoms with Gasteiger partial charge in [0.1, 0.15) is 0 Å². The molecule has 1 N–H and O–H groups in total. The first kappa shape index (κ1) is 20.1. The Bertz CT molecular complexity index is 921. The number of nitro benzene ring substituents is 1. The summed E-state index contributed by atoms with van der Waals surface area (Å²) in [5.41, 5.74) is -1.57. The summed E-state index contributed by atoms with van der Waals surface area (Å²) in [6.45, 7) is 3.73. The standard InChI is InChI=1S/C17H19N5O4S2/c1-16-17(2,19(3)14(27)18-16)20(4)15(28)21(16)13(24)9-12(23)10-5-7-11(8-6-10)22(25)26/h5-8H,9H2,1-4H3,(H,18,27)/t16-,17+/m1/s1. The number of fused-ring (bicyclic) bond motifs is 1. The summed E-state index contributed by atoms with van der Waals surface area (Å²) in [6, 6.07) is 5.14. The van der Waals surface area contributed by atoms with Crippen LogP contribution in [0, 0.1) is 10.1 Å². The number of nitrogens with zero attached hydrogens (tertiary/aromatic N) is 4. The lowest BCUT2D eigenvalue weighted by atomic mass is 9.96. The van der Waals surface area contributed by atoms with Gasteiger partial charge in [-0.1, -0.05) is 0 Å². The summed E-state index contributed by atoms with van der Waals surface area (Å²) in [5, 5.41) is 14.7. The van der Waals surface area contributed by atoms with Crippen LogP contribution < -0.4 is 5.32 Å². The van der Waals surface area contributed by atoms with Crippen LogP contribution in [0.15, 0.2) is 24.3 Å². The normalized spacial score (nSPS) is 26.4. The minimum atomic E-state index is -0.947. The molecule has 0 unspecified atom stereocenters. The smallest absolute Gasteiger partial charge is 0.269 e. The summed E-state index contributed by atoms with van der Waals surface area (Å²) < 4.78 is 0. The molecule has 2 atom stereocenters. The first-order valence-electron chi connectivity index (χ1n) is 8.39. The monoisotopic (exact) mass is 421 g/mol. The molecule has 0 aliphatic carbocycles. The van der Waals surface area contributed by atoms with E-state index < -0.39 is 34.4 Å². The molecule has 9 nitrogen and oxygen atoms in total. The number of hydrogen-bond donors (Lipinski definition) is 1. The van der Waals surface area contributed by atoms with Gasteiger partial charge in [-0.2, -0.15) is 0 Å². The van der Waals surface area contributed by atoms with Crippen molar-refractivity contribution in [3.63, 3.8) is 0 Å². The maximum atomic E-state index is 13.0. The van der Waals surface area contributed by atoms with Gasteiger partial charge in [0.2, 0.25) is 5.91 Å². The van der Waals surface area contributed by atoms with E-state index in [4.69, 9.17) is 24.4 Å². The highest BCUT2D eigenvalue weighted by atomic mass is 32.1. The SMILES string of the molecule is CN1C(=S)N[C@]2(C)N(C(=O)CC(=O)c3ccc([N+](=O)[O-])cc3)C(=S)N(C)[C@]12C. The van der Waals surface area contributed by atoms with Crippen LogP contribution in [0.4, 0.5) is 5.69 Å². The van der Waals surface area contributed by atoms with Crippen molar-refractivity contribution in [1.29, 1.82) is 0 Å². The molecule has 148 valence electrons. The molecule has 0 bridgehead atoms. The Morgan fingerprint density at radius 1 is 1.14 bits per heavy atom. The van der Waals surface area contributed by atoms with E-state index in [1.807, 2.05) is 25.8 Å². The van der Waals surface area contributed by atoms with Gasteiger partial charge in [-0.05, 0) is 50.4 Å². The van der Waals surface area contributed by atoms with E-state index in [1.54, 1.807) is 11.9 Å². The number of rotatable bonds is 4. The summed E-state index contributed by atoms with van der Waals surface area (Å²) in [5.74, 6) is -0.923. The molecule has 3 rings (SSSR count). The summed E-state index contributed by atoms with van der Waals surface area (Å²) in [6.07, 6.45) is -0.421. The van der Waals surface area contributed by atoms with Gasteiger partial charge in [0.15, 0.2) is 27.3 Å². The average molecular weight is 422 g/mol. The van der Waals surface area contributed by atoms with Crippen molar-refractivity contribution in [1.82, 2.24) is 20.0 Å². The van der Waals surface area contributed by atoms with Crippen LogP contribution >= 0.6 is 24.4 Å². The molecule has 0 aromatic heterocycles. The first-order valence-corrected chi connectivity index (χ1v) is 9.21. The van der Waals surface area contributed by atoms with Gasteiger partial charge in [0, 0.05) is 31.8 Å². The lowest BCUT2D eigenvalue weighted by Gasteiger charge is -2.41. The zero-order valence-electron chi connectivity index (χ0n) is 15.8. The van der Waals surface area contributed by atoms with Crippen LogP contribution in [-0.4, -0.2) is 67.0 Å². The highest BCUT2D eigenvalue weighted by Gasteiger charge is 2.68. The number of Topliss-reactive ketones (excluding diaryl/α,β-unsaturated/α-hetero) is 1. The highest BCUT2D eigenvalue weighted by Crippen LogP contribution is 2.45. The van der Waals surface area contributed by atoms with Crippen molar-refractivity contribution in [2.75, 3.05) is 14.1 Å². The Kier molecular flexibility index (Phi) is 4.63. The largest absolute Gasteiger partial charge is 0.336 e. The molecule has 2 fully saturated rings. The van der Waals surface area contributed by atoms with Crippen LogP contribution in [-0.2, 0) is 4.79 Å². The van der Waals surface area contributed by atoms with Crippen molar-refractivity contribution in [2.45, 2.75) is 31.6 Å². The van der Waals surface area contributed by atoms with Crippen molar-refractivity contribution in [2.24, 2.45) is 0 Å². The molecule has 2 aliphatic rings. The third kappa shape index (κ3) is 2.57. The Morgan fingerprint density at radius 3 is 2.25 bits per heavy atom. The van der Waals surface area contributed by atoms with Crippen LogP contribution in [0.3, 0.4) is 0 Å². The number of likely N-dealkylation sites (N-methyl/N-ethyl adjacent to an activating group) is 2. The van der Waals surface area contributed by atoms with Crippen LogP contribution in [0.2, 0.25) is 0 Å². The fraction of sp³-hybridized carbons (Fsp3) is 0.412. The second-order valence-corrected chi connectivity index (χ2v) is 7.81. The van der Waals surface area contributed by atoms with Crippen molar-refractivity contribution >= 4 is 52.0 Å². The van der Waals surface area contributed by atoms with E-state index in [2.05, 4.69) is 5.32 Å². The zero-order chi connectivity index (χ0) is 21.0. The number of hydrogen-bond acceptors (Lipinski definition) is 6. The number of thiocarbonyl (C=S) groups is 2. The zero-order valence-corrected chi connectivity index (χ0v) is 17.4. The maximum absolute atomic E-state index is 13.0. The topological polar surface area (TPSA) is 99.0 Å². The predicted molar refractivity (Wildman–Crippen MR) is 110 cm³/mol. The molecule has 11 heteroatoms. The minimum Gasteiger partial charge on any atom is -0.336 e. The molecule has 0 radical (unpaired) electrons. The van der Waals surface area contributed by atoms with Gasteiger partial charge >= 0.3 is 0 Å². The molecule has 1 amide bonds. The number of benzene rings is 1. The second-order valence-electron chi connectivity index (χ2n) is 7.06. The van der Waals surface area contributed by atoms with E-state index in [0.717, 1.165) is 0 Å². The summed E-state index contributed by atoms with van der Waals surface area (Å²) in [4.78, 5) is 40.8. The van der Waals surface area contributed by atoms with E-state index >= 15 is 0 Å². The Hall–Kier alpha value is -2.66. The van der Waals surface area contributed by atoms with Gasteiger partial charge in [0.05, 0.1) is 11.3 Å². The fourth-order valence-corrected chi connectivity index (χ4v) is 4.56. The highest BCUT2D eigenvalue weighted by molar-refractivity contribution is 7.80. The summed E-state index contributed by atoms with van der Waals surface area (Å²) in [7, 11) is 3.59. The molecule has 1 aromatic carbocycles. The number of ketones is 1. The first-order chi connectivity index (χ1) is 12.9. The van der Waals surface area contributed by atoms with Gasteiger partial charge in [0.25, 0.3) is 5.69 Å². The number of nitro groups is 1. The molecule has 0 saturated carbocycles. The lowest BCUT2D eigenvalue weighted by Crippen LogP contribution is -2.64. The third-order valence-corrected chi connectivity index (χ3v) is 6.60. The lowest BCUT2D eigenvalue weighted by molar-refractivity contribution is -0.384. The van der Waals surface area contributed by atoms with Gasteiger partial charge in [-0.3, -0.25) is 24.6 Å². The minimum absolute atomic E-state index is 0.125. The third-order valence-electron chi connectivity index (χ3n) is 5.77.